The summed E-state index contributed by atoms with van der Waals surface area (Å²) in [6, 6.07) is 17.2. The summed E-state index contributed by atoms with van der Waals surface area (Å²) in [5, 5.41) is 8.85. The molecule has 1 aliphatic heterocycles. The average Bonchev–Trinajstić information content (AvgIpc) is 2.51. The summed E-state index contributed by atoms with van der Waals surface area (Å²) in [5.41, 5.74) is 3.42. The second kappa shape index (κ2) is 4.71. The van der Waals surface area contributed by atoms with Crippen LogP contribution in [0.5, 0.6) is 0 Å². The van der Waals surface area contributed by atoms with Crippen LogP contribution in [0, 0.1) is 11.3 Å². The summed E-state index contributed by atoms with van der Waals surface area (Å²) in [5.74, 6) is 0.0491. The van der Waals surface area contributed by atoms with Gasteiger partial charge in [0, 0.05) is 12.7 Å². The van der Waals surface area contributed by atoms with Crippen LogP contribution in [0.15, 0.2) is 48.5 Å². The number of para-hydroxylation sites is 2. The Kier molecular flexibility index (Phi) is 2.88. The number of nitrogens with zero attached hydrogens (tertiary/aromatic N) is 3. The lowest BCUT2D eigenvalue weighted by Gasteiger charge is -2.35. The van der Waals surface area contributed by atoms with Crippen molar-refractivity contribution in [1.82, 2.24) is 0 Å². The van der Waals surface area contributed by atoms with E-state index in [0.717, 1.165) is 17.1 Å². The minimum atomic E-state index is 0.0491. The maximum atomic E-state index is 12.1. The van der Waals surface area contributed by atoms with Crippen LogP contribution >= 0.6 is 0 Å². The molecule has 3 rings (SSSR count). The van der Waals surface area contributed by atoms with E-state index >= 15 is 0 Å². The highest BCUT2D eigenvalue weighted by Gasteiger charge is 2.27. The third-order valence-electron chi connectivity index (χ3n) is 3.51. The van der Waals surface area contributed by atoms with Gasteiger partial charge in [-0.1, -0.05) is 12.1 Å². The van der Waals surface area contributed by atoms with Crippen molar-refractivity contribution in [3.05, 3.63) is 54.1 Å². The SMILES string of the molecule is CN1C(=O)CN(c2ccc(C#N)cc2)c2ccccc21. The molecule has 0 atom stereocenters. The van der Waals surface area contributed by atoms with E-state index in [1.807, 2.05) is 41.3 Å². The van der Waals surface area contributed by atoms with E-state index < -0.39 is 0 Å². The lowest BCUT2D eigenvalue weighted by molar-refractivity contribution is -0.117. The smallest absolute Gasteiger partial charge is 0.246 e. The second-order valence-corrected chi connectivity index (χ2v) is 4.69. The maximum absolute atomic E-state index is 12.1. The molecule has 0 fully saturated rings. The first-order chi connectivity index (χ1) is 9.70. The van der Waals surface area contributed by atoms with E-state index in [0.29, 0.717) is 12.1 Å². The quantitative estimate of drug-likeness (QED) is 0.794. The molecule has 1 amide bonds. The Labute approximate surface area is 117 Å². The molecule has 98 valence electrons. The van der Waals surface area contributed by atoms with Crippen LogP contribution in [0.4, 0.5) is 17.1 Å². The fraction of sp³-hybridized carbons (Fsp3) is 0.125. The number of benzene rings is 2. The van der Waals surface area contributed by atoms with Gasteiger partial charge in [-0.25, -0.2) is 0 Å². The minimum Gasteiger partial charge on any atom is -0.330 e. The van der Waals surface area contributed by atoms with E-state index in [9.17, 15) is 4.79 Å². The van der Waals surface area contributed by atoms with E-state index in [2.05, 4.69) is 6.07 Å². The van der Waals surface area contributed by atoms with Crippen molar-refractivity contribution in [2.24, 2.45) is 0 Å². The van der Waals surface area contributed by atoms with Crippen LogP contribution in [0.25, 0.3) is 0 Å². The Morgan fingerprint density at radius 3 is 2.35 bits per heavy atom. The highest BCUT2D eigenvalue weighted by Crippen LogP contribution is 2.37. The number of nitriles is 1. The minimum absolute atomic E-state index is 0.0491. The first-order valence-corrected chi connectivity index (χ1v) is 6.34. The Bertz CT molecular complexity index is 700. The van der Waals surface area contributed by atoms with Gasteiger partial charge < -0.3 is 9.80 Å². The molecule has 2 aromatic rings. The van der Waals surface area contributed by atoms with Gasteiger partial charge in [-0.15, -0.1) is 0 Å². The van der Waals surface area contributed by atoms with Gasteiger partial charge in [-0.3, -0.25) is 4.79 Å². The van der Waals surface area contributed by atoms with Crippen LogP contribution in [-0.2, 0) is 4.79 Å². The Morgan fingerprint density at radius 1 is 1.05 bits per heavy atom. The van der Waals surface area contributed by atoms with Crippen molar-refractivity contribution in [2.45, 2.75) is 0 Å². The molecule has 0 saturated heterocycles. The summed E-state index contributed by atoms with van der Waals surface area (Å²) in [6.07, 6.45) is 0. The molecule has 0 radical (unpaired) electrons. The molecule has 0 spiro atoms. The molecule has 0 saturated carbocycles. The van der Waals surface area contributed by atoms with Crippen molar-refractivity contribution in [1.29, 1.82) is 5.26 Å². The first kappa shape index (κ1) is 12.2. The molecule has 4 nitrogen and oxygen atoms in total. The lowest BCUT2D eigenvalue weighted by Crippen LogP contribution is -2.41. The number of hydrogen-bond donors (Lipinski definition) is 0. The number of hydrogen-bond acceptors (Lipinski definition) is 3. The molecule has 0 aliphatic carbocycles. The summed E-state index contributed by atoms with van der Waals surface area (Å²) in [4.78, 5) is 15.7. The fourth-order valence-electron chi connectivity index (χ4n) is 2.38. The maximum Gasteiger partial charge on any atom is 0.246 e. The number of likely N-dealkylation sites (N-methyl/N-ethyl adjacent to an activating group) is 1. The predicted molar refractivity (Wildman–Crippen MR) is 78.0 cm³/mol. The topological polar surface area (TPSA) is 47.3 Å². The number of anilines is 3. The van der Waals surface area contributed by atoms with E-state index in [1.165, 1.54) is 0 Å². The molecule has 1 heterocycles. The number of fused-ring (bicyclic) bond motifs is 1. The Morgan fingerprint density at radius 2 is 1.70 bits per heavy atom. The van der Waals surface area contributed by atoms with Gasteiger partial charge >= 0.3 is 0 Å². The Balaban J connectivity index is 2.08. The molecular weight excluding hydrogens is 250 g/mol. The molecule has 4 heteroatoms. The van der Waals surface area contributed by atoms with Gasteiger partial charge in [-0.2, -0.15) is 5.26 Å². The van der Waals surface area contributed by atoms with Gasteiger partial charge in [0.15, 0.2) is 0 Å². The first-order valence-electron chi connectivity index (χ1n) is 6.34. The van der Waals surface area contributed by atoms with Crippen molar-refractivity contribution in [3.63, 3.8) is 0 Å². The Hall–Kier alpha value is -2.80. The van der Waals surface area contributed by atoms with Crippen molar-refractivity contribution in [2.75, 3.05) is 23.4 Å². The summed E-state index contributed by atoms with van der Waals surface area (Å²) >= 11 is 0. The van der Waals surface area contributed by atoms with Gasteiger partial charge in [0.25, 0.3) is 0 Å². The van der Waals surface area contributed by atoms with Crippen molar-refractivity contribution < 1.29 is 4.79 Å². The number of carbonyl (C=O) groups excluding carboxylic acids is 1. The van der Waals surface area contributed by atoms with Crippen molar-refractivity contribution >= 4 is 23.0 Å². The highest BCUT2D eigenvalue weighted by molar-refractivity contribution is 6.04. The van der Waals surface area contributed by atoms with E-state index in [-0.39, 0.29) is 5.91 Å². The molecule has 20 heavy (non-hydrogen) atoms. The zero-order valence-corrected chi connectivity index (χ0v) is 11.1. The molecule has 0 aromatic heterocycles. The largest absolute Gasteiger partial charge is 0.330 e. The van der Waals surface area contributed by atoms with Gasteiger partial charge in [0.2, 0.25) is 5.91 Å². The summed E-state index contributed by atoms with van der Waals surface area (Å²) < 4.78 is 0. The summed E-state index contributed by atoms with van der Waals surface area (Å²) in [6.45, 7) is 0.305. The van der Waals surface area contributed by atoms with Gasteiger partial charge in [0.1, 0.15) is 6.54 Å². The van der Waals surface area contributed by atoms with Crippen molar-refractivity contribution in [3.8, 4) is 6.07 Å². The lowest BCUT2D eigenvalue weighted by atomic mass is 10.1. The van der Waals surface area contributed by atoms with E-state index in [1.54, 1.807) is 24.1 Å². The molecule has 1 aliphatic rings. The monoisotopic (exact) mass is 263 g/mol. The fourth-order valence-corrected chi connectivity index (χ4v) is 2.38. The number of rotatable bonds is 1. The van der Waals surface area contributed by atoms with Gasteiger partial charge in [-0.05, 0) is 36.4 Å². The molecule has 0 N–H and O–H groups in total. The van der Waals surface area contributed by atoms with Gasteiger partial charge in [0.05, 0.1) is 23.0 Å². The second-order valence-electron chi connectivity index (χ2n) is 4.69. The summed E-state index contributed by atoms with van der Waals surface area (Å²) in [7, 11) is 1.79. The average molecular weight is 263 g/mol. The van der Waals surface area contributed by atoms with E-state index in [4.69, 9.17) is 5.26 Å². The van der Waals surface area contributed by atoms with Crippen LogP contribution in [0.1, 0.15) is 5.56 Å². The third kappa shape index (κ3) is 1.90. The number of carbonyl (C=O) groups is 1. The molecule has 0 unspecified atom stereocenters. The standard InChI is InChI=1S/C16H13N3O/c1-18-14-4-2-3-5-15(14)19(11-16(18)20)13-8-6-12(10-17)7-9-13/h2-9H,11H2,1H3. The molecular formula is C16H13N3O. The van der Waals surface area contributed by atoms with Crippen LogP contribution in [0.3, 0.4) is 0 Å². The van der Waals surface area contributed by atoms with Crippen LogP contribution in [0.2, 0.25) is 0 Å². The normalized spacial score (nSPS) is 13.9. The zero-order valence-electron chi connectivity index (χ0n) is 11.1. The molecule has 2 aromatic carbocycles. The highest BCUT2D eigenvalue weighted by atomic mass is 16.2. The van der Waals surface area contributed by atoms with Crippen LogP contribution in [-0.4, -0.2) is 19.5 Å². The molecule has 0 bridgehead atoms. The zero-order chi connectivity index (χ0) is 14.1. The number of amides is 1. The van der Waals surface area contributed by atoms with Crippen LogP contribution < -0.4 is 9.80 Å². The predicted octanol–water partition coefficient (Wildman–Crippen LogP) is 2.67. The third-order valence-corrected chi connectivity index (χ3v) is 3.51.